The summed E-state index contributed by atoms with van der Waals surface area (Å²) < 4.78 is 5.39. The minimum absolute atomic E-state index is 0.453. The molecule has 1 fully saturated rings. The van der Waals surface area contributed by atoms with Crippen LogP contribution in [0.4, 0.5) is 0 Å². The van der Waals surface area contributed by atoms with E-state index in [1.165, 1.54) is 31.2 Å². The predicted molar refractivity (Wildman–Crippen MR) is 85.1 cm³/mol. The van der Waals surface area contributed by atoms with Crippen LogP contribution in [0.1, 0.15) is 51.0 Å². The third kappa shape index (κ3) is 4.07. The van der Waals surface area contributed by atoms with Gasteiger partial charge < -0.3 is 10.1 Å². The zero-order valence-electron chi connectivity index (χ0n) is 13.1. The third-order valence-corrected chi connectivity index (χ3v) is 4.57. The lowest BCUT2D eigenvalue weighted by Gasteiger charge is -2.36. The number of ether oxygens (including phenoxy) is 1. The van der Waals surface area contributed by atoms with Crippen LogP contribution >= 0.6 is 0 Å². The molecule has 0 aromatic heterocycles. The normalized spacial score (nSPS) is 24.8. The quantitative estimate of drug-likeness (QED) is 0.848. The lowest BCUT2D eigenvalue weighted by atomic mass is 9.79. The second-order valence-corrected chi connectivity index (χ2v) is 6.38. The molecule has 0 aliphatic heterocycles. The van der Waals surface area contributed by atoms with E-state index in [9.17, 15) is 0 Å². The van der Waals surface area contributed by atoms with Crippen LogP contribution in [0.25, 0.3) is 0 Å². The van der Waals surface area contributed by atoms with Gasteiger partial charge in [-0.15, -0.1) is 0 Å². The highest BCUT2D eigenvalue weighted by Gasteiger charge is 2.28. The minimum Gasteiger partial charge on any atom is -0.383 e. The van der Waals surface area contributed by atoms with E-state index in [2.05, 4.69) is 49.5 Å². The molecule has 1 N–H and O–H groups in total. The Morgan fingerprint density at radius 1 is 1.15 bits per heavy atom. The summed E-state index contributed by atoms with van der Waals surface area (Å²) in [6.45, 7) is 5.35. The molecule has 0 bridgehead atoms. The maximum absolute atomic E-state index is 5.39. The summed E-state index contributed by atoms with van der Waals surface area (Å²) in [4.78, 5) is 0. The van der Waals surface area contributed by atoms with E-state index >= 15 is 0 Å². The Morgan fingerprint density at radius 3 is 2.50 bits per heavy atom. The van der Waals surface area contributed by atoms with E-state index in [-0.39, 0.29) is 0 Å². The van der Waals surface area contributed by atoms with E-state index in [1.54, 1.807) is 7.11 Å². The van der Waals surface area contributed by atoms with Gasteiger partial charge in [0, 0.05) is 19.2 Å². The van der Waals surface area contributed by atoms with Crippen molar-refractivity contribution in [3.63, 3.8) is 0 Å². The fraction of sp³-hybridized carbons (Fsp3) is 0.667. The van der Waals surface area contributed by atoms with Crippen molar-refractivity contribution in [2.24, 2.45) is 5.92 Å². The lowest BCUT2D eigenvalue weighted by Crippen LogP contribution is -2.47. The lowest BCUT2D eigenvalue weighted by molar-refractivity contribution is 0.132. The molecule has 0 spiro atoms. The van der Waals surface area contributed by atoms with Crippen LogP contribution in [0.5, 0.6) is 0 Å². The fourth-order valence-corrected chi connectivity index (χ4v) is 3.32. The third-order valence-electron chi connectivity index (χ3n) is 4.57. The van der Waals surface area contributed by atoms with Gasteiger partial charge in [0.1, 0.15) is 0 Å². The van der Waals surface area contributed by atoms with Gasteiger partial charge in [-0.05, 0) is 30.2 Å². The number of methoxy groups -OCH3 is 1. The summed E-state index contributed by atoms with van der Waals surface area (Å²) >= 11 is 0. The van der Waals surface area contributed by atoms with Crippen LogP contribution in [0.2, 0.25) is 0 Å². The van der Waals surface area contributed by atoms with Gasteiger partial charge in [0.25, 0.3) is 0 Å². The monoisotopic (exact) mass is 275 g/mol. The number of hydrogen-bond donors (Lipinski definition) is 1. The molecule has 112 valence electrons. The summed E-state index contributed by atoms with van der Waals surface area (Å²) in [5.74, 6) is 1.26. The summed E-state index contributed by atoms with van der Waals surface area (Å²) in [5.41, 5.74) is 1.49. The molecule has 1 saturated carbocycles. The Balaban J connectivity index is 2.06. The van der Waals surface area contributed by atoms with Crippen molar-refractivity contribution in [2.45, 2.75) is 57.5 Å². The molecule has 0 amide bonds. The van der Waals surface area contributed by atoms with Gasteiger partial charge in [0.05, 0.1) is 6.61 Å². The molecule has 0 heterocycles. The highest BCUT2D eigenvalue weighted by atomic mass is 16.5. The van der Waals surface area contributed by atoms with Gasteiger partial charge in [0.2, 0.25) is 0 Å². The van der Waals surface area contributed by atoms with Crippen LogP contribution in [-0.4, -0.2) is 25.8 Å². The number of nitrogens with one attached hydrogen (secondary N) is 1. The minimum atomic E-state index is 0.453. The molecule has 3 atom stereocenters. The standard InChI is InChI=1S/C18H29NO/c1-14(2)18(13-20-3)19-17-12-8-7-11-16(17)15-9-5-4-6-10-15/h4-6,9-10,14,16-19H,7-8,11-13H2,1-3H3. The summed E-state index contributed by atoms with van der Waals surface area (Å²) in [5, 5.41) is 3.88. The smallest absolute Gasteiger partial charge is 0.0618 e. The van der Waals surface area contributed by atoms with Crippen molar-refractivity contribution in [3.8, 4) is 0 Å². The first-order valence-electron chi connectivity index (χ1n) is 8.02. The van der Waals surface area contributed by atoms with Gasteiger partial charge in [0.15, 0.2) is 0 Å². The van der Waals surface area contributed by atoms with E-state index < -0.39 is 0 Å². The summed E-state index contributed by atoms with van der Waals surface area (Å²) in [6, 6.07) is 12.0. The van der Waals surface area contributed by atoms with E-state index in [0.717, 1.165) is 6.61 Å². The Bertz CT molecular complexity index is 376. The highest BCUT2D eigenvalue weighted by molar-refractivity contribution is 5.22. The second-order valence-electron chi connectivity index (χ2n) is 6.38. The Kier molecular flexibility index (Phi) is 6.06. The van der Waals surface area contributed by atoms with Crippen molar-refractivity contribution in [3.05, 3.63) is 35.9 Å². The molecular weight excluding hydrogens is 246 g/mol. The molecule has 3 unspecified atom stereocenters. The Labute approximate surface area is 123 Å². The molecule has 2 rings (SSSR count). The van der Waals surface area contributed by atoms with Crippen molar-refractivity contribution in [2.75, 3.05) is 13.7 Å². The molecule has 1 aliphatic carbocycles. The Hall–Kier alpha value is -0.860. The van der Waals surface area contributed by atoms with Gasteiger partial charge >= 0.3 is 0 Å². The predicted octanol–water partition coefficient (Wildman–Crippen LogP) is 3.97. The number of hydrogen-bond acceptors (Lipinski definition) is 2. The molecule has 20 heavy (non-hydrogen) atoms. The molecule has 0 saturated heterocycles. The van der Waals surface area contributed by atoms with Crippen molar-refractivity contribution < 1.29 is 4.74 Å². The highest BCUT2D eigenvalue weighted by Crippen LogP contribution is 2.33. The van der Waals surface area contributed by atoms with E-state index in [4.69, 9.17) is 4.74 Å². The van der Waals surface area contributed by atoms with Crippen LogP contribution in [0.3, 0.4) is 0 Å². The average molecular weight is 275 g/mol. The topological polar surface area (TPSA) is 21.3 Å². The van der Waals surface area contributed by atoms with E-state index in [1.807, 2.05) is 0 Å². The van der Waals surface area contributed by atoms with E-state index in [0.29, 0.717) is 23.9 Å². The van der Waals surface area contributed by atoms with Crippen LogP contribution in [-0.2, 0) is 4.74 Å². The zero-order valence-corrected chi connectivity index (χ0v) is 13.1. The molecule has 0 radical (unpaired) electrons. The maximum Gasteiger partial charge on any atom is 0.0618 e. The number of rotatable bonds is 6. The zero-order chi connectivity index (χ0) is 14.4. The molecule has 1 aromatic rings. The van der Waals surface area contributed by atoms with Crippen molar-refractivity contribution in [1.29, 1.82) is 0 Å². The molecule has 1 aromatic carbocycles. The largest absolute Gasteiger partial charge is 0.383 e. The first kappa shape index (κ1) is 15.5. The summed E-state index contributed by atoms with van der Waals surface area (Å²) in [6.07, 6.45) is 5.29. The van der Waals surface area contributed by atoms with Crippen molar-refractivity contribution in [1.82, 2.24) is 5.32 Å². The summed E-state index contributed by atoms with van der Waals surface area (Å²) in [7, 11) is 1.80. The van der Waals surface area contributed by atoms with Crippen LogP contribution < -0.4 is 5.32 Å². The van der Waals surface area contributed by atoms with Gasteiger partial charge in [-0.2, -0.15) is 0 Å². The molecule has 2 heteroatoms. The SMILES string of the molecule is COCC(NC1CCCCC1c1ccccc1)C(C)C. The Morgan fingerprint density at radius 2 is 1.85 bits per heavy atom. The average Bonchev–Trinajstić information content (AvgIpc) is 2.48. The molecular formula is C18H29NO. The van der Waals surface area contributed by atoms with Crippen LogP contribution in [0.15, 0.2) is 30.3 Å². The number of benzene rings is 1. The van der Waals surface area contributed by atoms with Crippen LogP contribution in [0, 0.1) is 5.92 Å². The molecule has 2 nitrogen and oxygen atoms in total. The van der Waals surface area contributed by atoms with Gasteiger partial charge in [-0.3, -0.25) is 0 Å². The second kappa shape index (κ2) is 7.80. The van der Waals surface area contributed by atoms with Crippen molar-refractivity contribution >= 4 is 0 Å². The first-order valence-corrected chi connectivity index (χ1v) is 8.02. The van der Waals surface area contributed by atoms with Gasteiger partial charge in [-0.25, -0.2) is 0 Å². The van der Waals surface area contributed by atoms with Gasteiger partial charge in [-0.1, -0.05) is 57.0 Å². The fourth-order valence-electron chi connectivity index (χ4n) is 3.32. The molecule has 1 aliphatic rings. The maximum atomic E-state index is 5.39. The first-order chi connectivity index (χ1) is 9.72.